The molecule has 0 spiro atoms. The first kappa shape index (κ1) is 12.0. The Balaban J connectivity index is 2.17. The molecule has 0 aromatic heterocycles. The first-order chi connectivity index (χ1) is 6.76. The van der Waals surface area contributed by atoms with E-state index in [1.165, 1.54) is 32.1 Å². The Bertz CT molecular complexity index is 149. The summed E-state index contributed by atoms with van der Waals surface area (Å²) in [6.07, 6.45) is 6.94. The Morgan fingerprint density at radius 2 is 2.07 bits per heavy atom. The SMILES string of the molecule is CCC1CCCC(CN[C@@H](C)CO)C1. The van der Waals surface area contributed by atoms with Gasteiger partial charge in [0.1, 0.15) is 0 Å². The second-order valence-electron chi connectivity index (χ2n) is 4.80. The van der Waals surface area contributed by atoms with Crippen LogP contribution in [0.4, 0.5) is 0 Å². The molecule has 1 aliphatic carbocycles. The molecule has 0 bridgehead atoms. The van der Waals surface area contributed by atoms with Crippen LogP contribution in [0.15, 0.2) is 0 Å². The van der Waals surface area contributed by atoms with Gasteiger partial charge in [0.25, 0.3) is 0 Å². The van der Waals surface area contributed by atoms with Crippen LogP contribution in [0, 0.1) is 11.8 Å². The summed E-state index contributed by atoms with van der Waals surface area (Å²) >= 11 is 0. The van der Waals surface area contributed by atoms with Gasteiger partial charge >= 0.3 is 0 Å². The number of rotatable bonds is 5. The lowest BCUT2D eigenvalue weighted by molar-refractivity contribution is 0.219. The normalized spacial score (nSPS) is 30.2. The van der Waals surface area contributed by atoms with Gasteiger partial charge in [0.05, 0.1) is 6.61 Å². The lowest BCUT2D eigenvalue weighted by Gasteiger charge is -2.29. The van der Waals surface area contributed by atoms with Crippen molar-refractivity contribution in [3.05, 3.63) is 0 Å². The Morgan fingerprint density at radius 3 is 2.71 bits per heavy atom. The van der Waals surface area contributed by atoms with Crippen molar-refractivity contribution < 1.29 is 5.11 Å². The molecule has 0 amide bonds. The molecule has 0 radical (unpaired) electrons. The smallest absolute Gasteiger partial charge is 0.0581 e. The maximum absolute atomic E-state index is 8.90. The highest BCUT2D eigenvalue weighted by Gasteiger charge is 2.20. The third-order valence-corrected chi connectivity index (χ3v) is 3.50. The monoisotopic (exact) mass is 199 g/mol. The molecule has 3 atom stereocenters. The molecule has 1 fully saturated rings. The largest absolute Gasteiger partial charge is 0.395 e. The maximum Gasteiger partial charge on any atom is 0.0581 e. The fraction of sp³-hybridized carbons (Fsp3) is 1.00. The van der Waals surface area contributed by atoms with Crippen molar-refractivity contribution in [3.63, 3.8) is 0 Å². The summed E-state index contributed by atoms with van der Waals surface area (Å²) < 4.78 is 0. The molecule has 1 rings (SSSR count). The molecule has 2 nitrogen and oxygen atoms in total. The van der Waals surface area contributed by atoms with Gasteiger partial charge in [-0.25, -0.2) is 0 Å². The Hall–Kier alpha value is -0.0800. The van der Waals surface area contributed by atoms with Crippen LogP contribution < -0.4 is 5.32 Å². The predicted molar refractivity (Wildman–Crippen MR) is 60.3 cm³/mol. The standard InChI is InChI=1S/C12H25NO/c1-3-11-5-4-6-12(7-11)8-13-10(2)9-14/h10-14H,3-9H2,1-2H3/t10-,11?,12?/m0/s1. The van der Waals surface area contributed by atoms with Gasteiger partial charge in [-0.3, -0.25) is 0 Å². The van der Waals surface area contributed by atoms with Crippen LogP contribution in [0.2, 0.25) is 0 Å². The van der Waals surface area contributed by atoms with Crippen LogP contribution in [0.25, 0.3) is 0 Å². The quantitative estimate of drug-likeness (QED) is 0.711. The summed E-state index contributed by atoms with van der Waals surface area (Å²) in [7, 11) is 0. The summed E-state index contributed by atoms with van der Waals surface area (Å²) in [5.41, 5.74) is 0. The van der Waals surface area contributed by atoms with Crippen LogP contribution >= 0.6 is 0 Å². The molecule has 0 heterocycles. The zero-order valence-electron chi connectivity index (χ0n) is 9.63. The molecule has 0 aromatic carbocycles. The van der Waals surface area contributed by atoms with Crippen LogP contribution in [0.5, 0.6) is 0 Å². The molecule has 0 aliphatic heterocycles. The van der Waals surface area contributed by atoms with Crippen molar-refractivity contribution in [1.29, 1.82) is 0 Å². The van der Waals surface area contributed by atoms with Gasteiger partial charge < -0.3 is 10.4 Å². The number of hydrogen-bond acceptors (Lipinski definition) is 2. The zero-order valence-corrected chi connectivity index (χ0v) is 9.63. The van der Waals surface area contributed by atoms with Crippen molar-refractivity contribution in [2.75, 3.05) is 13.2 Å². The Kier molecular flexibility index (Phi) is 5.49. The average molecular weight is 199 g/mol. The molecule has 2 unspecified atom stereocenters. The van der Waals surface area contributed by atoms with Crippen molar-refractivity contribution in [2.24, 2.45) is 11.8 Å². The predicted octanol–water partition coefficient (Wildman–Crippen LogP) is 2.17. The zero-order chi connectivity index (χ0) is 10.4. The van der Waals surface area contributed by atoms with Gasteiger partial charge in [0, 0.05) is 6.04 Å². The average Bonchev–Trinajstić information content (AvgIpc) is 2.26. The lowest BCUT2D eigenvalue weighted by atomic mass is 9.80. The van der Waals surface area contributed by atoms with Crippen molar-refractivity contribution in [3.8, 4) is 0 Å². The van der Waals surface area contributed by atoms with E-state index >= 15 is 0 Å². The molecule has 14 heavy (non-hydrogen) atoms. The highest BCUT2D eigenvalue weighted by atomic mass is 16.3. The van der Waals surface area contributed by atoms with Gasteiger partial charge in [0.2, 0.25) is 0 Å². The fourth-order valence-electron chi connectivity index (χ4n) is 2.39. The third kappa shape index (κ3) is 3.97. The van der Waals surface area contributed by atoms with Gasteiger partial charge in [0.15, 0.2) is 0 Å². The highest BCUT2D eigenvalue weighted by molar-refractivity contribution is 4.75. The molecule has 2 heteroatoms. The second kappa shape index (κ2) is 6.41. The number of nitrogens with one attached hydrogen (secondary N) is 1. The molecule has 1 saturated carbocycles. The van der Waals surface area contributed by atoms with E-state index in [0.717, 1.165) is 18.4 Å². The van der Waals surface area contributed by atoms with Crippen LogP contribution in [-0.2, 0) is 0 Å². The van der Waals surface area contributed by atoms with E-state index in [0.29, 0.717) is 0 Å². The van der Waals surface area contributed by atoms with Crippen molar-refractivity contribution >= 4 is 0 Å². The van der Waals surface area contributed by atoms with Gasteiger partial charge in [-0.05, 0) is 38.1 Å². The van der Waals surface area contributed by atoms with Crippen molar-refractivity contribution in [1.82, 2.24) is 5.32 Å². The number of aliphatic hydroxyl groups is 1. The van der Waals surface area contributed by atoms with Gasteiger partial charge in [-0.2, -0.15) is 0 Å². The van der Waals surface area contributed by atoms with E-state index in [1.54, 1.807) is 0 Å². The minimum atomic E-state index is 0.254. The fourth-order valence-corrected chi connectivity index (χ4v) is 2.39. The number of hydrogen-bond donors (Lipinski definition) is 2. The van der Waals surface area contributed by atoms with E-state index in [2.05, 4.69) is 12.2 Å². The molecular formula is C12H25NO. The van der Waals surface area contributed by atoms with Crippen LogP contribution in [0.3, 0.4) is 0 Å². The van der Waals surface area contributed by atoms with Crippen LogP contribution in [-0.4, -0.2) is 24.3 Å². The maximum atomic E-state index is 8.90. The van der Waals surface area contributed by atoms with E-state index in [1.807, 2.05) is 6.92 Å². The topological polar surface area (TPSA) is 32.3 Å². The van der Waals surface area contributed by atoms with E-state index in [9.17, 15) is 0 Å². The van der Waals surface area contributed by atoms with Gasteiger partial charge in [-0.15, -0.1) is 0 Å². The van der Waals surface area contributed by atoms with Crippen LogP contribution in [0.1, 0.15) is 46.0 Å². The Morgan fingerprint density at radius 1 is 1.36 bits per heavy atom. The highest BCUT2D eigenvalue weighted by Crippen LogP contribution is 2.30. The molecule has 1 aliphatic rings. The summed E-state index contributed by atoms with van der Waals surface area (Å²) in [6.45, 7) is 5.69. The second-order valence-corrected chi connectivity index (χ2v) is 4.80. The molecule has 84 valence electrons. The van der Waals surface area contributed by atoms with E-state index in [4.69, 9.17) is 5.11 Å². The molecule has 2 N–H and O–H groups in total. The van der Waals surface area contributed by atoms with Crippen molar-refractivity contribution in [2.45, 2.75) is 52.0 Å². The van der Waals surface area contributed by atoms with E-state index < -0.39 is 0 Å². The lowest BCUT2D eigenvalue weighted by Crippen LogP contribution is -2.35. The first-order valence-electron chi connectivity index (χ1n) is 6.10. The molecule has 0 saturated heterocycles. The minimum Gasteiger partial charge on any atom is -0.395 e. The first-order valence-corrected chi connectivity index (χ1v) is 6.10. The van der Waals surface area contributed by atoms with E-state index in [-0.39, 0.29) is 12.6 Å². The summed E-state index contributed by atoms with van der Waals surface area (Å²) in [5.74, 6) is 1.81. The molecular weight excluding hydrogens is 174 g/mol. The summed E-state index contributed by atoms with van der Waals surface area (Å²) in [5, 5.41) is 12.3. The number of aliphatic hydroxyl groups excluding tert-OH is 1. The van der Waals surface area contributed by atoms with Gasteiger partial charge in [-0.1, -0.05) is 26.2 Å². The molecule has 0 aromatic rings. The summed E-state index contributed by atoms with van der Waals surface area (Å²) in [6, 6.07) is 0.261. The minimum absolute atomic E-state index is 0.254. The summed E-state index contributed by atoms with van der Waals surface area (Å²) in [4.78, 5) is 0. The Labute approximate surface area is 88.1 Å². The third-order valence-electron chi connectivity index (χ3n) is 3.50.